The molecule has 0 amide bonds. The van der Waals surface area contributed by atoms with E-state index in [2.05, 4.69) is 10.4 Å². The molecule has 7 heteroatoms. The Kier molecular flexibility index (Phi) is 4.04. The van der Waals surface area contributed by atoms with E-state index in [9.17, 15) is 4.79 Å². The lowest BCUT2D eigenvalue weighted by atomic mass is 10.1. The van der Waals surface area contributed by atoms with Crippen molar-refractivity contribution in [2.45, 2.75) is 19.9 Å². The Bertz CT molecular complexity index is 512. The smallest absolute Gasteiger partial charge is 0.359 e. The Balaban J connectivity index is 2.31. The molecule has 0 bridgehead atoms. The fourth-order valence-corrected chi connectivity index (χ4v) is 2.44. The summed E-state index contributed by atoms with van der Waals surface area (Å²) in [6.45, 7) is 3.56. The lowest BCUT2D eigenvalue weighted by Gasteiger charge is -2.29. The summed E-state index contributed by atoms with van der Waals surface area (Å²) in [5.41, 5.74) is 2.41. The zero-order valence-corrected chi connectivity index (χ0v) is 12.2. The number of thiocarbonyl (C=S) groups is 1. The summed E-state index contributed by atoms with van der Waals surface area (Å²) in [5, 5.41) is 7.93. The first-order valence-electron chi connectivity index (χ1n) is 6.27. The molecule has 19 heavy (non-hydrogen) atoms. The van der Waals surface area contributed by atoms with Gasteiger partial charge >= 0.3 is 5.97 Å². The maximum absolute atomic E-state index is 11.9. The first-order valence-corrected chi connectivity index (χ1v) is 6.67. The molecule has 6 nitrogen and oxygen atoms in total. The van der Waals surface area contributed by atoms with Crippen LogP contribution < -0.4 is 5.32 Å². The van der Waals surface area contributed by atoms with E-state index in [1.165, 1.54) is 0 Å². The van der Waals surface area contributed by atoms with E-state index >= 15 is 0 Å². The summed E-state index contributed by atoms with van der Waals surface area (Å²) in [6.07, 6.45) is 0.820. The Morgan fingerprint density at radius 1 is 1.58 bits per heavy atom. The second-order valence-corrected chi connectivity index (χ2v) is 4.73. The quantitative estimate of drug-likeness (QED) is 0.628. The van der Waals surface area contributed by atoms with Crippen LogP contribution in [0.3, 0.4) is 0 Å². The van der Waals surface area contributed by atoms with Gasteiger partial charge in [-0.1, -0.05) is 0 Å². The lowest BCUT2D eigenvalue weighted by Crippen LogP contribution is -2.41. The zero-order chi connectivity index (χ0) is 14.0. The van der Waals surface area contributed by atoms with Crippen molar-refractivity contribution in [3.8, 4) is 0 Å². The van der Waals surface area contributed by atoms with Gasteiger partial charge in [-0.15, -0.1) is 0 Å². The molecule has 1 aliphatic heterocycles. The zero-order valence-electron chi connectivity index (χ0n) is 11.4. The van der Waals surface area contributed by atoms with Crippen LogP contribution in [0.4, 0.5) is 0 Å². The highest BCUT2D eigenvalue weighted by molar-refractivity contribution is 7.80. The second-order valence-electron chi connectivity index (χ2n) is 4.34. The number of aryl methyl sites for hydroxylation is 1. The average Bonchev–Trinajstić information content (AvgIpc) is 2.75. The van der Waals surface area contributed by atoms with E-state index in [1.54, 1.807) is 18.7 Å². The number of nitrogens with one attached hydrogen (secondary N) is 1. The van der Waals surface area contributed by atoms with E-state index < -0.39 is 0 Å². The third kappa shape index (κ3) is 2.56. The van der Waals surface area contributed by atoms with Crippen LogP contribution in [0.25, 0.3) is 0 Å². The summed E-state index contributed by atoms with van der Waals surface area (Å²) >= 11 is 5.24. The number of carbonyl (C=O) groups excluding carboxylic acids is 1. The second kappa shape index (κ2) is 5.56. The van der Waals surface area contributed by atoms with Gasteiger partial charge in [0.25, 0.3) is 0 Å². The summed E-state index contributed by atoms with van der Waals surface area (Å²) < 4.78 is 6.81. The number of carbonyl (C=O) groups is 1. The van der Waals surface area contributed by atoms with Gasteiger partial charge in [-0.25, -0.2) is 4.79 Å². The number of fused-ring (bicyclic) bond motifs is 1. The van der Waals surface area contributed by atoms with Crippen molar-refractivity contribution >= 4 is 23.3 Å². The van der Waals surface area contributed by atoms with Crippen LogP contribution in [0, 0.1) is 0 Å². The molecular weight excluding hydrogens is 264 g/mol. The minimum absolute atomic E-state index is 0.350. The molecule has 2 heterocycles. The van der Waals surface area contributed by atoms with Crippen LogP contribution in [0.2, 0.25) is 0 Å². The first kappa shape index (κ1) is 13.8. The average molecular weight is 282 g/mol. The monoisotopic (exact) mass is 282 g/mol. The molecule has 0 saturated carbocycles. The van der Waals surface area contributed by atoms with Crippen LogP contribution >= 0.6 is 12.2 Å². The van der Waals surface area contributed by atoms with Gasteiger partial charge < -0.3 is 15.0 Å². The fourth-order valence-electron chi connectivity index (χ4n) is 2.29. The van der Waals surface area contributed by atoms with Gasteiger partial charge in [0.1, 0.15) is 0 Å². The molecule has 0 aromatic carbocycles. The van der Waals surface area contributed by atoms with Crippen LogP contribution in [0.1, 0.15) is 28.7 Å². The third-order valence-corrected chi connectivity index (χ3v) is 3.67. The molecular formula is C12H18N4O2S. The molecule has 0 atom stereocenters. The molecule has 0 radical (unpaired) electrons. The van der Waals surface area contributed by atoms with Gasteiger partial charge in [0.2, 0.25) is 0 Å². The van der Waals surface area contributed by atoms with Crippen LogP contribution in [-0.4, -0.2) is 46.0 Å². The molecule has 1 aromatic heterocycles. The van der Waals surface area contributed by atoms with Crippen molar-refractivity contribution in [3.05, 3.63) is 17.0 Å². The standard InChI is InChI=1S/C12H18N4O2S/c1-4-18-11(17)10-8-7-16(12(19)13-2)6-5-9(8)15(3)14-10/h4-7H2,1-3H3,(H,13,19). The SMILES string of the molecule is CCOC(=O)c1nn(C)c2c1CN(C(=S)NC)CC2. The predicted molar refractivity (Wildman–Crippen MR) is 74.9 cm³/mol. The van der Waals surface area contributed by atoms with E-state index in [-0.39, 0.29) is 5.97 Å². The van der Waals surface area contributed by atoms with E-state index in [0.29, 0.717) is 24.0 Å². The molecule has 1 aromatic rings. The highest BCUT2D eigenvalue weighted by atomic mass is 32.1. The number of esters is 1. The van der Waals surface area contributed by atoms with E-state index in [1.807, 2.05) is 11.9 Å². The third-order valence-electron chi connectivity index (χ3n) is 3.21. The highest BCUT2D eigenvalue weighted by Gasteiger charge is 2.28. The molecule has 0 spiro atoms. The summed E-state index contributed by atoms with van der Waals surface area (Å²) in [6, 6.07) is 0. The van der Waals surface area contributed by atoms with Gasteiger partial charge in [-0.05, 0) is 19.1 Å². The summed E-state index contributed by atoms with van der Waals surface area (Å²) in [7, 11) is 3.65. The minimum Gasteiger partial charge on any atom is -0.461 e. The van der Waals surface area contributed by atoms with Gasteiger partial charge in [0, 0.05) is 44.9 Å². The molecule has 0 saturated heterocycles. The molecule has 0 fully saturated rings. The predicted octanol–water partition coefficient (Wildman–Crippen LogP) is 0.459. The van der Waals surface area contributed by atoms with Crippen molar-refractivity contribution in [2.24, 2.45) is 7.05 Å². The number of aromatic nitrogens is 2. The Morgan fingerprint density at radius 2 is 2.32 bits per heavy atom. The van der Waals surface area contributed by atoms with Gasteiger partial charge in [0.05, 0.1) is 6.61 Å². The molecule has 2 rings (SSSR count). The van der Waals surface area contributed by atoms with Crippen molar-refractivity contribution < 1.29 is 9.53 Å². The van der Waals surface area contributed by atoms with Crippen molar-refractivity contribution in [3.63, 3.8) is 0 Å². The highest BCUT2D eigenvalue weighted by Crippen LogP contribution is 2.22. The summed E-state index contributed by atoms with van der Waals surface area (Å²) in [4.78, 5) is 13.9. The topological polar surface area (TPSA) is 59.4 Å². The minimum atomic E-state index is -0.364. The van der Waals surface area contributed by atoms with Crippen molar-refractivity contribution in [2.75, 3.05) is 20.2 Å². The van der Waals surface area contributed by atoms with Crippen molar-refractivity contribution in [1.82, 2.24) is 20.0 Å². The largest absolute Gasteiger partial charge is 0.461 e. The maximum atomic E-state index is 11.9. The van der Waals surface area contributed by atoms with Crippen LogP contribution in [-0.2, 0) is 24.8 Å². The molecule has 0 aliphatic carbocycles. The Morgan fingerprint density at radius 3 is 2.95 bits per heavy atom. The van der Waals surface area contributed by atoms with Gasteiger partial charge in [-0.3, -0.25) is 4.68 Å². The number of hydrogen-bond acceptors (Lipinski definition) is 4. The van der Waals surface area contributed by atoms with E-state index in [0.717, 1.165) is 24.2 Å². The van der Waals surface area contributed by atoms with Crippen molar-refractivity contribution in [1.29, 1.82) is 0 Å². The fraction of sp³-hybridized carbons (Fsp3) is 0.583. The number of rotatable bonds is 2. The number of nitrogens with zero attached hydrogens (tertiary/aromatic N) is 3. The summed E-state index contributed by atoms with van der Waals surface area (Å²) in [5.74, 6) is -0.364. The van der Waals surface area contributed by atoms with E-state index in [4.69, 9.17) is 17.0 Å². The van der Waals surface area contributed by atoms with Crippen LogP contribution in [0.15, 0.2) is 0 Å². The lowest BCUT2D eigenvalue weighted by molar-refractivity contribution is 0.0516. The van der Waals surface area contributed by atoms with Gasteiger partial charge in [0.15, 0.2) is 10.8 Å². The first-order chi connectivity index (χ1) is 9.08. The number of ether oxygens (including phenoxy) is 1. The maximum Gasteiger partial charge on any atom is 0.359 e. The molecule has 1 aliphatic rings. The molecule has 1 N–H and O–H groups in total. The molecule has 0 unspecified atom stereocenters. The van der Waals surface area contributed by atoms with Crippen LogP contribution in [0.5, 0.6) is 0 Å². The Hall–Kier alpha value is -1.63. The van der Waals surface area contributed by atoms with Gasteiger partial charge in [-0.2, -0.15) is 5.10 Å². The Labute approximate surface area is 117 Å². The molecule has 104 valence electrons. The normalized spacial score (nSPS) is 13.9. The number of hydrogen-bond donors (Lipinski definition) is 1.